The van der Waals surface area contributed by atoms with E-state index in [-0.39, 0.29) is 12.3 Å². The molecule has 120 valence electrons. The number of carboxylic acids is 1. The summed E-state index contributed by atoms with van der Waals surface area (Å²) < 4.78 is 0. The van der Waals surface area contributed by atoms with Crippen LogP contribution in [0.4, 0.5) is 0 Å². The van der Waals surface area contributed by atoms with E-state index < -0.39 is 11.4 Å². The zero-order valence-corrected chi connectivity index (χ0v) is 13.4. The smallest absolute Gasteiger partial charge is 0.310 e. The molecule has 2 rings (SSSR count). The van der Waals surface area contributed by atoms with Gasteiger partial charge in [0.15, 0.2) is 0 Å². The van der Waals surface area contributed by atoms with E-state index in [0.29, 0.717) is 24.8 Å². The second-order valence-corrected chi connectivity index (χ2v) is 7.32. The van der Waals surface area contributed by atoms with Crippen LogP contribution in [0.3, 0.4) is 0 Å². The van der Waals surface area contributed by atoms with Crippen LogP contribution in [0, 0.1) is 11.3 Å². The summed E-state index contributed by atoms with van der Waals surface area (Å²) in [5.41, 5.74) is -0.791. The average Bonchev–Trinajstić information content (AvgIpc) is 3.24. The van der Waals surface area contributed by atoms with Crippen LogP contribution >= 0.6 is 0 Å². The third-order valence-electron chi connectivity index (χ3n) is 5.01. The maximum absolute atomic E-state index is 12.7. The molecule has 21 heavy (non-hydrogen) atoms. The Balaban J connectivity index is 2.00. The Morgan fingerprint density at radius 1 is 1.19 bits per heavy atom. The lowest BCUT2D eigenvalue weighted by molar-refractivity contribution is -0.156. The topological polar surface area (TPSA) is 57.6 Å². The van der Waals surface area contributed by atoms with E-state index in [9.17, 15) is 14.7 Å². The summed E-state index contributed by atoms with van der Waals surface area (Å²) in [5.74, 6) is -0.125. The second-order valence-electron chi connectivity index (χ2n) is 7.32. The number of carbonyl (C=O) groups excluding carboxylic acids is 1. The van der Waals surface area contributed by atoms with Crippen molar-refractivity contribution in [2.75, 3.05) is 6.54 Å². The number of rotatable bonds is 7. The zero-order valence-electron chi connectivity index (χ0n) is 13.4. The molecule has 0 aromatic carbocycles. The monoisotopic (exact) mass is 295 g/mol. The van der Waals surface area contributed by atoms with Gasteiger partial charge < -0.3 is 10.0 Å². The average molecular weight is 295 g/mol. The Morgan fingerprint density at radius 3 is 2.29 bits per heavy atom. The van der Waals surface area contributed by atoms with Crippen molar-refractivity contribution in [2.45, 2.75) is 77.7 Å². The second kappa shape index (κ2) is 6.80. The lowest BCUT2D eigenvalue weighted by Crippen LogP contribution is -2.42. The third kappa shape index (κ3) is 4.21. The van der Waals surface area contributed by atoms with Gasteiger partial charge >= 0.3 is 5.97 Å². The van der Waals surface area contributed by atoms with Gasteiger partial charge in [0.1, 0.15) is 0 Å². The van der Waals surface area contributed by atoms with Crippen LogP contribution in [0.2, 0.25) is 0 Å². The molecule has 4 heteroatoms. The molecule has 0 bridgehead atoms. The molecule has 0 saturated heterocycles. The molecule has 2 saturated carbocycles. The van der Waals surface area contributed by atoms with Crippen molar-refractivity contribution < 1.29 is 14.7 Å². The molecular weight excluding hydrogens is 266 g/mol. The minimum Gasteiger partial charge on any atom is -0.481 e. The van der Waals surface area contributed by atoms with Crippen LogP contribution in [-0.2, 0) is 9.59 Å². The van der Waals surface area contributed by atoms with E-state index in [1.54, 1.807) is 0 Å². The fourth-order valence-corrected chi connectivity index (χ4v) is 3.38. The highest BCUT2D eigenvalue weighted by Gasteiger charge is 2.44. The summed E-state index contributed by atoms with van der Waals surface area (Å²) >= 11 is 0. The van der Waals surface area contributed by atoms with Crippen molar-refractivity contribution in [1.82, 2.24) is 4.90 Å². The highest BCUT2D eigenvalue weighted by molar-refractivity contribution is 5.85. The molecule has 2 aliphatic rings. The quantitative estimate of drug-likeness (QED) is 0.782. The molecule has 1 N–H and O–H groups in total. The first-order valence-electron chi connectivity index (χ1n) is 8.47. The summed E-state index contributed by atoms with van der Waals surface area (Å²) in [4.78, 5) is 26.4. The van der Waals surface area contributed by atoms with Gasteiger partial charge in [-0.3, -0.25) is 9.59 Å². The van der Waals surface area contributed by atoms with Crippen LogP contribution in [0.25, 0.3) is 0 Å². The zero-order chi connectivity index (χ0) is 15.5. The van der Waals surface area contributed by atoms with Gasteiger partial charge in [0, 0.05) is 19.0 Å². The number of hydrogen-bond acceptors (Lipinski definition) is 2. The van der Waals surface area contributed by atoms with E-state index in [1.165, 1.54) is 0 Å². The minimum absolute atomic E-state index is 0.0717. The van der Waals surface area contributed by atoms with Crippen LogP contribution < -0.4 is 0 Å². The first kappa shape index (κ1) is 16.3. The number of carboxylic acid groups (broad SMARTS) is 1. The standard InChI is InChI=1S/C17H29NO3/c1-13(2)8-11-18(14-6-7-14)15(19)12-17(16(20)21)9-4-3-5-10-17/h13-14H,3-12H2,1-2H3,(H,20,21). The number of carbonyl (C=O) groups is 2. The van der Waals surface area contributed by atoms with Crippen molar-refractivity contribution in [2.24, 2.45) is 11.3 Å². The van der Waals surface area contributed by atoms with Crippen LogP contribution in [0.5, 0.6) is 0 Å². The van der Waals surface area contributed by atoms with Crippen molar-refractivity contribution in [1.29, 1.82) is 0 Å². The summed E-state index contributed by atoms with van der Waals surface area (Å²) in [5, 5.41) is 9.62. The van der Waals surface area contributed by atoms with Crippen molar-refractivity contribution in [3.63, 3.8) is 0 Å². The highest BCUT2D eigenvalue weighted by atomic mass is 16.4. The van der Waals surface area contributed by atoms with Gasteiger partial charge in [-0.15, -0.1) is 0 Å². The molecule has 0 aliphatic heterocycles. The van der Waals surface area contributed by atoms with Crippen molar-refractivity contribution >= 4 is 11.9 Å². The Bertz CT molecular complexity index is 381. The van der Waals surface area contributed by atoms with Gasteiger partial charge in [-0.1, -0.05) is 33.1 Å². The number of nitrogens with zero attached hydrogens (tertiary/aromatic N) is 1. The Morgan fingerprint density at radius 2 is 1.81 bits per heavy atom. The maximum atomic E-state index is 12.7. The first-order chi connectivity index (χ1) is 9.94. The molecule has 0 unspecified atom stereocenters. The molecule has 2 fully saturated rings. The Kier molecular flexibility index (Phi) is 5.28. The van der Waals surface area contributed by atoms with Gasteiger partial charge in [0.2, 0.25) is 5.91 Å². The molecule has 0 heterocycles. The third-order valence-corrected chi connectivity index (χ3v) is 5.01. The van der Waals surface area contributed by atoms with Gasteiger partial charge in [0.25, 0.3) is 0 Å². The fourth-order valence-electron chi connectivity index (χ4n) is 3.38. The normalized spacial score (nSPS) is 21.3. The van der Waals surface area contributed by atoms with Gasteiger partial charge in [-0.2, -0.15) is 0 Å². The molecule has 0 aromatic heterocycles. The molecule has 0 atom stereocenters. The van der Waals surface area contributed by atoms with E-state index in [0.717, 1.165) is 45.1 Å². The van der Waals surface area contributed by atoms with E-state index in [2.05, 4.69) is 13.8 Å². The molecular formula is C17H29NO3. The lowest BCUT2D eigenvalue weighted by atomic mass is 9.71. The Labute approximate surface area is 127 Å². The first-order valence-corrected chi connectivity index (χ1v) is 8.47. The molecule has 0 aromatic rings. The fraction of sp³-hybridized carbons (Fsp3) is 0.882. The van der Waals surface area contributed by atoms with Gasteiger partial charge in [-0.25, -0.2) is 0 Å². The van der Waals surface area contributed by atoms with E-state index >= 15 is 0 Å². The van der Waals surface area contributed by atoms with Gasteiger partial charge in [-0.05, 0) is 38.0 Å². The summed E-state index contributed by atoms with van der Waals surface area (Å²) in [7, 11) is 0. The van der Waals surface area contributed by atoms with E-state index in [4.69, 9.17) is 0 Å². The van der Waals surface area contributed by atoms with Gasteiger partial charge in [0.05, 0.1) is 5.41 Å². The van der Waals surface area contributed by atoms with Crippen molar-refractivity contribution in [3.8, 4) is 0 Å². The van der Waals surface area contributed by atoms with Crippen LogP contribution in [-0.4, -0.2) is 34.5 Å². The van der Waals surface area contributed by atoms with Crippen LogP contribution in [0.15, 0.2) is 0 Å². The lowest BCUT2D eigenvalue weighted by Gasteiger charge is -2.35. The summed E-state index contributed by atoms with van der Waals surface area (Å²) in [6.45, 7) is 5.11. The number of amides is 1. The van der Waals surface area contributed by atoms with Crippen molar-refractivity contribution in [3.05, 3.63) is 0 Å². The number of aliphatic carboxylic acids is 1. The molecule has 2 aliphatic carbocycles. The Hall–Kier alpha value is -1.06. The molecule has 1 amide bonds. The minimum atomic E-state index is -0.791. The SMILES string of the molecule is CC(C)CCN(C(=O)CC1(C(=O)O)CCCCC1)C1CC1. The van der Waals surface area contributed by atoms with E-state index in [1.807, 2.05) is 4.90 Å². The predicted molar refractivity (Wildman–Crippen MR) is 82.0 cm³/mol. The molecule has 0 radical (unpaired) electrons. The largest absolute Gasteiger partial charge is 0.481 e. The van der Waals surface area contributed by atoms with Crippen LogP contribution in [0.1, 0.15) is 71.6 Å². The highest BCUT2D eigenvalue weighted by Crippen LogP contribution is 2.41. The summed E-state index contributed by atoms with van der Waals surface area (Å²) in [6.07, 6.45) is 7.69. The summed E-state index contributed by atoms with van der Waals surface area (Å²) in [6, 6.07) is 0.380. The molecule has 0 spiro atoms. The predicted octanol–water partition coefficient (Wildman–Crippen LogP) is 3.45. The maximum Gasteiger partial charge on any atom is 0.310 e. The number of hydrogen-bond donors (Lipinski definition) is 1. The molecule has 4 nitrogen and oxygen atoms in total.